The summed E-state index contributed by atoms with van der Waals surface area (Å²) in [5, 5.41) is 27.5. The smallest absolute Gasteiger partial charge is 0.327 e. The Morgan fingerprint density at radius 2 is 1.53 bits per heavy atom. The predicted octanol–water partition coefficient (Wildman–Crippen LogP) is 1.08. The summed E-state index contributed by atoms with van der Waals surface area (Å²) >= 11 is 0. The van der Waals surface area contributed by atoms with E-state index in [0.717, 1.165) is 12.2 Å². The van der Waals surface area contributed by atoms with Crippen LogP contribution < -0.4 is 0 Å². The number of aliphatic carboxylic acids is 2. The Morgan fingerprint density at radius 3 is 1.76 bits per heavy atom. The number of carboxylic acids is 2. The summed E-state index contributed by atoms with van der Waals surface area (Å²) in [5.41, 5.74) is -1.40. The Morgan fingerprint density at radius 1 is 1.18 bits per heavy atom. The van der Waals surface area contributed by atoms with Gasteiger partial charge >= 0.3 is 11.9 Å². The second-order valence-electron chi connectivity index (χ2n) is 3.64. The van der Waals surface area contributed by atoms with E-state index < -0.39 is 22.4 Å². The van der Waals surface area contributed by atoms with Gasteiger partial charge in [-0.3, -0.25) is 10.1 Å². The minimum absolute atomic E-state index is 0.0870. The van der Waals surface area contributed by atoms with Gasteiger partial charge in [0.15, 0.2) is 0 Å². The van der Waals surface area contributed by atoms with Gasteiger partial charge in [0.05, 0.1) is 0 Å². The van der Waals surface area contributed by atoms with Crippen molar-refractivity contribution in [2.24, 2.45) is 0 Å². The average Bonchev–Trinajstić information content (AvgIpc) is 2.16. The molecule has 2 N–H and O–H groups in total. The molecule has 0 aromatic rings. The molecule has 7 nitrogen and oxygen atoms in total. The van der Waals surface area contributed by atoms with E-state index in [2.05, 4.69) is 0 Å². The molecule has 0 bridgehead atoms. The fraction of sp³-hybridized carbons (Fsp3) is 0.400. The van der Waals surface area contributed by atoms with E-state index in [1.54, 1.807) is 0 Å². The zero-order valence-electron chi connectivity index (χ0n) is 9.20. The van der Waals surface area contributed by atoms with Gasteiger partial charge in [-0.1, -0.05) is 12.2 Å². The molecule has 0 radical (unpaired) electrons. The van der Waals surface area contributed by atoms with Crippen molar-refractivity contribution in [3.8, 4) is 0 Å². The van der Waals surface area contributed by atoms with Gasteiger partial charge in [0.1, 0.15) is 0 Å². The van der Waals surface area contributed by atoms with Gasteiger partial charge in [0, 0.05) is 36.8 Å². The lowest BCUT2D eigenvalue weighted by atomic mass is 9.94. The third kappa shape index (κ3) is 6.08. The second kappa shape index (κ2) is 6.41. The first kappa shape index (κ1) is 14.8. The summed E-state index contributed by atoms with van der Waals surface area (Å²) in [4.78, 5) is 30.7. The molecule has 0 aromatic carbocycles. The van der Waals surface area contributed by atoms with E-state index in [0.29, 0.717) is 0 Å². The lowest BCUT2D eigenvalue weighted by molar-refractivity contribution is -0.563. The first-order chi connectivity index (χ1) is 7.78. The first-order valence-electron chi connectivity index (χ1n) is 4.71. The molecule has 94 valence electrons. The Bertz CT molecular complexity index is 345. The Hall–Kier alpha value is -2.18. The minimum atomic E-state index is -1.40. The molecule has 0 aliphatic carbocycles. The quantitative estimate of drug-likeness (QED) is 0.392. The minimum Gasteiger partial charge on any atom is -0.478 e. The zero-order valence-corrected chi connectivity index (χ0v) is 9.20. The molecule has 0 aliphatic heterocycles. The molecule has 0 unspecified atom stereocenters. The fourth-order valence-corrected chi connectivity index (χ4v) is 1.06. The van der Waals surface area contributed by atoms with Gasteiger partial charge in [-0.05, 0) is 0 Å². The van der Waals surface area contributed by atoms with E-state index in [-0.39, 0.29) is 12.8 Å². The molecule has 0 saturated carbocycles. The van der Waals surface area contributed by atoms with Gasteiger partial charge in [-0.15, -0.1) is 0 Å². The highest BCUT2D eigenvalue weighted by atomic mass is 16.6. The van der Waals surface area contributed by atoms with Crippen LogP contribution in [0.25, 0.3) is 0 Å². The van der Waals surface area contributed by atoms with E-state index in [1.807, 2.05) is 0 Å². The normalized spacial score (nSPS) is 14.9. The highest BCUT2D eigenvalue weighted by Gasteiger charge is 2.34. The van der Waals surface area contributed by atoms with Crippen molar-refractivity contribution in [2.45, 2.75) is 25.3 Å². The maximum Gasteiger partial charge on any atom is 0.327 e. The van der Waals surface area contributed by atoms with Crippen LogP contribution in [0, 0.1) is 10.1 Å². The van der Waals surface area contributed by atoms with Crippen molar-refractivity contribution >= 4 is 11.9 Å². The number of carbonyl (C=O) groups is 2. The maximum absolute atomic E-state index is 10.8. The molecular weight excluding hydrogens is 230 g/mol. The van der Waals surface area contributed by atoms with Crippen LogP contribution in [-0.2, 0) is 9.59 Å². The van der Waals surface area contributed by atoms with Crippen molar-refractivity contribution < 1.29 is 24.7 Å². The van der Waals surface area contributed by atoms with Gasteiger partial charge in [0.25, 0.3) is 0 Å². The van der Waals surface area contributed by atoms with Crippen molar-refractivity contribution in [3.05, 3.63) is 34.4 Å². The van der Waals surface area contributed by atoms with Crippen LogP contribution in [0.5, 0.6) is 0 Å². The predicted molar refractivity (Wildman–Crippen MR) is 58.2 cm³/mol. The lowest BCUT2D eigenvalue weighted by Gasteiger charge is -2.16. The van der Waals surface area contributed by atoms with Crippen LogP contribution in [-0.4, -0.2) is 32.6 Å². The van der Waals surface area contributed by atoms with E-state index >= 15 is 0 Å². The molecule has 0 spiro atoms. The van der Waals surface area contributed by atoms with Crippen molar-refractivity contribution in [2.75, 3.05) is 0 Å². The first-order valence-corrected chi connectivity index (χ1v) is 4.71. The molecule has 0 aromatic heterocycles. The summed E-state index contributed by atoms with van der Waals surface area (Å²) in [7, 11) is 0. The molecule has 17 heavy (non-hydrogen) atoms. The molecule has 0 heterocycles. The Kier molecular flexibility index (Phi) is 5.59. The van der Waals surface area contributed by atoms with Crippen LogP contribution in [0.2, 0.25) is 0 Å². The van der Waals surface area contributed by atoms with E-state index in [4.69, 9.17) is 10.2 Å². The summed E-state index contributed by atoms with van der Waals surface area (Å²) in [6.07, 6.45) is 3.83. The Balaban J connectivity index is 4.62. The summed E-state index contributed by atoms with van der Waals surface area (Å²) in [5.74, 6) is -2.37. The Labute approximate surface area is 97.2 Å². The second-order valence-corrected chi connectivity index (χ2v) is 3.64. The standard InChI is InChI=1S/C10H13NO6/c1-10(11(16)17,6-2-4-8(12)13)7-3-5-9(14)15/h2-5H,6-7H2,1H3,(H,12,13)(H,14,15). The molecule has 0 rings (SSSR count). The van der Waals surface area contributed by atoms with Crippen LogP contribution in [0.15, 0.2) is 24.3 Å². The largest absolute Gasteiger partial charge is 0.478 e. The summed E-state index contributed by atoms with van der Waals surface area (Å²) in [6.45, 7) is 1.32. The maximum atomic E-state index is 10.8. The summed E-state index contributed by atoms with van der Waals surface area (Å²) < 4.78 is 0. The van der Waals surface area contributed by atoms with E-state index in [1.165, 1.54) is 19.1 Å². The summed E-state index contributed by atoms with van der Waals surface area (Å²) in [6, 6.07) is 0. The third-order valence-electron chi connectivity index (χ3n) is 2.08. The topological polar surface area (TPSA) is 118 Å². The van der Waals surface area contributed by atoms with Gasteiger partial charge in [-0.25, -0.2) is 9.59 Å². The molecule has 0 fully saturated rings. The SMILES string of the molecule is CC(CC=CC(=O)O)(CC=CC(=O)O)[N+](=O)[O-]. The molecule has 0 saturated heterocycles. The van der Waals surface area contributed by atoms with Crippen LogP contribution in [0.1, 0.15) is 19.8 Å². The molecular formula is C10H13NO6. The average molecular weight is 243 g/mol. The van der Waals surface area contributed by atoms with Crippen molar-refractivity contribution in [3.63, 3.8) is 0 Å². The van der Waals surface area contributed by atoms with Crippen molar-refractivity contribution in [1.82, 2.24) is 0 Å². The van der Waals surface area contributed by atoms with E-state index in [9.17, 15) is 19.7 Å². The number of hydrogen-bond acceptors (Lipinski definition) is 4. The van der Waals surface area contributed by atoms with Crippen LogP contribution in [0.3, 0.4) is 0 Å². The van der Waals surface area contributed by atoms with Crippen molar-refractivity contribution in [1.29, 1.82) is 0 Å². The van der Waals surface area contributed by atoms with Crippen LogP contribution in [0.4, 0.5) is 0 Å². The molecule has 0 atom stereocenters. The monoisotopic (exact) mass is 243 g/mol. The van der Waals surface area contributed by atoms with Gasteiger partial charge in [0.2, 0.25) is 5.54 Å². The zero-order chi connectivity index (χ0) is 13.5. The number of carboxylic acid groups (broad SMARTS) is 2. The van der Waals surface area contributed by atoms with Crippen LogP contribution >= 0.6 is 0 Å². The van der Waals surface area contributed by atoms with Gasteiger partial charge < -0.3 is 10.2 Å². The molecule has 7 heteroatoms. The number of hydrogen-bond donors (Lipinski definition) is 2. The molecule has 0 aliphatic rings. The number of rotatable bonds is 7. The number of nitrogens with zero attached hydrogens (tertiary/aromatic N) is 1. The molecule has 0 amide bonds. The third-order valence-corrected chi connectivity index (χ3v) is 2.08. The van der Waals surface area contributed by atoms with Gasteiger partial charge in [-0.2, -0.15) is 0 Å². The highest BCUT2D eigenvalue weighted by Crippen LogP contribution is 2.20. The lowest BCUT2D eigenvalue weighted by Crippen LogP contribution is -2.33. The fourth-order valence-electron chi connectivity index (χ4n) is 1.06. The number of nitro groups is 1. The highest BCUT2D eigenvalue weighted by molar-refractivity contribution is 5.80.